The summed E-state index contributed by atoms with van der Waals surface area (Å²) in [5.74, 6) is 0.474. The summed E-state index contributed by atoms with van der Waals surface area (Å²) in [6.07, 6.45) is 1.60. The highest BCUT2D eigenvalue weighted by Gasteiger charge is 2.14. The van der Waals surface area contributed by atoms with Crippen LogP contribution in [0, 0.1) is 27.3 Å². The van der Waals surface area contributed by atoms with Crippen molar-refractivity contribution in [2.75, 3.05) is 6.61 Å². The van der Waals surface area contributed by atoms with Crippen LogP contribution in [0.15, 0.2) is 65.1 Å². The zero-order valence-electron chi connectivity index (χ0n) is 17.0. The molecule has 0 aliphatic heterocycles. The molecule has 0 unspecified atom stereocenters. The van der Waals surface area contributed by atoms with Gasteiger partial charge in [-0.1, -0.05) is 46.3 Å². The van der Waals surface area contributed by atoms with E-state index in [1.165, 1.54) is 24.3 Å². The van der Waals surface area contributed by atoms with Crippen LogP contribution in [0.3, 0.4) is 0 Å². The largest absolute Gasteiger partial charge is 0.490 e. The molecule has 162 valence electrons. The lowest BCUT2D eigenvalue weighted by molar-refractivity contribution is -0.384. The van der Waals surface area contributed by atoms with E-state index in [2.05, 4.69) is 22.0 Å². The number of benzene rings is 3. The topological polar surface area (TPSA) is 85.4 Å². The highest BCUT2D eigenvalue weighted by Crippen LogP contribution is 2.36. The van der Waals surface area contributed by atoms with E-state index in [4.69, 9.17) is 9.47 Å². The van der Waals surface area contributed by atoms with Gasteiger partial charge in [-0.25, -0.2) is 4.39 Å². The Morgan fingerprint density at radius 2 is 1.91 bits per heavy atom. The van der Waals surface area contributed by atoms with Gasteiger partial charge in [0.1, 0.15) is 12.4 Å². The lowest BCUT2D eigenvalue weighted by atomic mass is 10.0. The minimum atomic E-state index is -0.511. The number of allylic oxidation sites excluding steroid dienone is 1. The van der Waals surface area contributed by atoms with E-state index in [9.17, 15) is 19.8 Å². The molecule has 6 nitrogen and oxygen atoms in total. The van der Waals surface area contributed by atoms with Crippen molar-refractivity contribution in [3.05, 3.63) is 97.8 Å². The van der Waals surface area contributed by atoms with Gasteiger partial charge in [0.25, 0.3) is 5.69 Å². The van der Waals surface area contributed by atoms with E-state index in [0.717, 1.165) is 0 Å². The summed E-state index contributed by atoms with van der Waals surface area (Å²) in [6, 6.07) is 17.7. The summed E-state index contributed by atoms with van der Waals surface area (Å²) in [7, 11) is 0. The van der Waals surface area contributed by atoms with Gasteiger partial charge < -0.3 is 9.47 Å². The Hall–Kier alpha value is -3.70. The fourth-order valence-electron chi connectivity index (χ4n) is 2.94. The molecule has 0 radical (unpaired) electrons. The Labute approximate surface area is 192 Å². The number of non-ortho nitro benzene ring substituents is 1. The van der Waals surface area contributed by atoms with E-state index in [1.807, 2.05) is 6.92 Å². The van der Waals surface area contributed by atoms with Crippen molar-refractivity contribution in [1.82, 2.24) is 0 Å². The molecular formula is C24H18BrFN2O4. The van der Waals surface area contributed by atoms with Gasteiger partial charge in [0, 0.05) is 22.2 Å². The maximum absolute atomic E-state index is 13.9. The predicted octanol–water partition coefficient (Wildman–Crippen LogP) is 6.54. The maximum Gasteiger partial charge on any atom is 0.270 e. The van der Waals surface area contributed by atoms with Crippen LogP contribution in [0.5, 0.6) is 11.5 Å². The molecule has 0 aromatic heterocycles. The number of nitrogens with zero attached hydrogens (tertiary/aromatic N) is 2. The summed E-state index contributed by atoms with van der Waals surface area (Å²) in [6.45, 7) is 2.21. The zero-order valence-corrected chi connectivity index (χ0v) is 18.6. The van der Waals surface area contributed by atoms with Crippen LogP contribution in [0.1, 0.15) is 23.6 Å². The summed E-state index contributed by atoms with van der Waals surface area (Å²) in [5.41, 5.74) is 1.60. The molecule has 0 bridgehead atoms. The highest BCUT2D eigenvalue weighted by molar-refractivity contribution is 9.10. The Morgan fingerprint density at radius 3 is 2.59 bits per heavy atom. The Bertz CT molecular complexity index is 1220. The first-order valence-electron chi connectivity index (χ1n) is 9.62. The molecule has 0 aliphatic carbocycles. The van der Waals surface area contributed by atoms with Crippen LogP contribution in [0.2, 0.25) is 0 Å². The molecule has 32 heavy (non-hydrogen) atoms. The Kier molecular flexibility index (Phi) is 7.58. The van der Waals surface area contributed by atoms with Crippen LogP contribution in [-0.4, -0.2) is 11.5 Å². The van der Waals surface area contributed by atoms with Gasteiger partial charge in [0.05, 0.1) is 23.2 Å². The van der Waals surface area contributed by atoms with Crippen molar-refractivity contribution in [2.24, 2.45) is 0 Å². The summed E-state index contributed by atoms with van der Waals surface area (Å²) < 4.78 is 26.0. The van der Waals surface area contributed by atoms with Gasteiger partial charge in [-0.3, -0.25) is 10.1 Å². The first kappa shape index (κ1) is 23.0. The van der Waals surface area contributed by atoms with Gasteiger partial charge in [0.15, 0.2) is 11.5 Å². The SMILES string of the molecule is CCOc1cc(C=C(C#N)c2cccc([N+](=O)[O-])c2)c(Br)cc1OCc1ccccc1F. The third kappa shape index (κ3) is 5.50. The molecule has 3 rings (SSSR count). The minimum absolute atomic E-state index is 0.0193. The van der Waals surface area contributed by atoms with Crippen LogP contribution in [-0.2, 0) is 6.61 Å². The lowest BCUT2D eigenvalue weighted by Crippen LogP contribution is -2.02. The molecule has 0 N–H and O–H groups in total. The van der Waals surface area contributed by atoms with Crippen molar-refractivity contribution in [3.63, 3.8) is 0 Å². The first-order chi connectivity index (χ1) is 15.4. The lowest BCUT2D eigenvalue weighted by Gasteiger charge is -2.14. The second-order valence-electron chi connectivity index (χ2n) is 6.61. The number of hydrogen-bond donors (Lipinski definition) is 0. The van der Waals surface area contributed by atoms with Gasteiger partial charge >= 0.3 is 0 Å². The van der Waals surface area contributed by atoms with Crippen LogP contribution >= 0.6 is 15.9 Å². The number of halogens is 2. The highest BCUT2D eigenvalue weighted by atomic mass is 79.9. The van der Waals surface area contributed by atoms with Gasteiger partial charge in [-0.2, -0.15) is 5.26 Å². The molecule has 0 fully saturated rings. The fraction of sp³-hybridized carbons (Fsp3) is 0.125. The molecular weight excluding hydrogens is 479 g/mol. The summed E-state index contributed by atoms with van der Waals surface area (Å²) in [4.78, 5) is 10.5. The first-order valence-corrected chi connectivity index (χ1v) is 10.4. The van der Waals surface area contributed by atoms with Crippen molar-refractivity contribution in [1.29, 1.82) is 5.26 Å². The standard InChI is InChI=1S/C24H18BrFN2O4/c1-2-31-23-12-18(10-19(14-27)16-7-5-8-20(11-16)28(29)30)21(25)13-24(23)32-15-17-6-3-4-9-22(17)26/h3-13H,2,15H2,1H3. The van der Waals surface area contributed by atoms with E-state index in [1.54, 1.807) is 42.5 Å². The van der Waals surface area contributed by atoms with E-state index in [0.29, 0.717) is 39.3 Å². The van der Waals surface area contributed by atoms with Crippen molar-refractivity contribution in [2.45, 2.75) is 13.5 Å². The third-order valence-electron chi connectivity index (χ3n) is 4.49. The molecule has 0 saturated heterocycles. The second kappa shape index (κ2) is 10.6. The zero-order chi connectivity index (χ0) is 23.1. The smallest absolute Gasteiger partial charge is 0.270 e. The second-order valence-corrected chi connectivity index (χ2v) is 7.47. The fourth-order valence-corrected chi connectivity index (χ4v) is 3.37. The number of hydrogen-bond acceptors (Lipinski definition) is 5. The molecule has 3 aromatic rings. The molecule has 3 aromatic carbocycles. The molecule has 0 amide bonds. The molecule has 0 saturated carbocycles. The molecule has 0 aliphatic rings. The minimum Gasteiger partial charge on any atom is -0.490 e. The maximum atomic E-state index is 13.9. The number of nitro benzene ring substituents is 1. The quantitative estimate of drug-likeness (QED) is 0.153. The van der Waals surface area contributed by atoms with Crippen molar-refractivity contribution in [3.8, 4) is 17.6 Å². The number of nitriles is 1. The number of nitro groups is 1. The van der Waals surface area contributed by atoms with Gasteiger partial charge in [-0.05, 0) is 42.3 Å². The average molecular weight is 497 g/mol. The van der Waals surface area contributed by atoms with Crippen LogP contribution in [0.4, 0.5) is 10.1 Å². The van der Waals surface area contributed by atoms with Crippen molar-refractivity contribution < 1.29 is 18.8 Å². The monoisotopic (exact) mass is 496 g/mol. The van der Waals surface area contributed by atoms with E-state index >= 15 is 0 Å². The summed E-state index contributed by atoms with van der Waals surface area (Å²) >= 11 is 3.47. The third-order valence-corrected chi connectivity index (χ3v) is 5.18. The predicted molar refractivity (Wildman–Crippen MR) is 123 cm³/mol. The Morgan fingerprint density at radius 1 is 1.16 bits per heavy atom. The Balaban J connectivity index is 1.95. The molecule has 0 heterocycles. The molecule has 0 atom stereocenters. The van der Waals surface area contributed by atoms with Gasteiger partial charge in [-0.15, -0.1) is 0 Å². The van der Waals surface area contributed by atoms with Gasteiger partial charge in [0.2, 0.25) is 0 Å². The van der Waals surface area contributed by atoms with Crippen LogP contribution < -0.4 is 9.47 Å². The van der Waals surface area contributed by atoms with E-state index < -0.39 is 4.92 Å². The average Bonchev–Trinajstić information content (AvgIpc) is 2.79. The number of ether oxygens (including phenoxy) is 2. The van der Waals surface area contributed by atoms with E-state index in [-0.39, 0.29) is 23.7 Å². The van der Waals surface area contributed by atoms with Crippen molar-refractivity contribution >= 4 is 33.3 Å². The van der Waals surface area contributed by atoms with Crippen LogP contribution in [0.25, 0.3) is 11.6 Å². The number of rotatable bonds is 8. The summed E-state index contributed by atoms with van der Waals surface area (Å²) in [5, 5.41) is 20.7. The normalized spacial score (nSPS) is 11.0. The molecule has 0 spiro atoms. The molecule has 8 heteroatoms.